The van der Waals surface area contributed by atoms with Gasteiger partial charge in [0.15, 0.2) is 6.61 Å². The van der Waals surface area contributed by atoms with Crippen LogP contribution in [0, 0.1) is 6.92 Å². The second-order valence-corrected chi connectivity index (χ2v) is 5.80. The molecule has 2 amide bonds. The van der Waals surface area contributed by atoms with E-state index in [1.165, 1.54) is 0 Å². The highest BCUT2D eigenvalue weighted by Crippen LogP contribution is 2.15. The Morgan fingerprint density at radius 1 is 1.04 bits per heavy atom. The van der Waals surface area contributed by atoms with Crippen molar-refractivity contribution in [2.75, 3.05) is 32.2 Å². The van der Waals surface area contributed by atoms with E-state index in [4.69, 9.17) is 9.47 Å². The van der Waals surface area contributed by atoms with Crippen LogP contribution in [-0.4, -0.2) is 38.7 Å². The fourth-order valence-electron chi connectivity index (χ4n) is 2.27. The van der Waals surface area contributed by atoms with Gasteiger partial charge in [0.05, 0.1) is 11.3 Å². The Morgan fingerprint density at radius 3 is 2.50 bits per heavy atom. The zero-order valence-electron chi connectivity index (χ0n) is 15.1. The number of hydrogen-bond acceptors (Lipinski definition) is 4. The number of carbonyl (C=O) groups is 2. The van der Waals surface area contributed by atoms with Crippen LogP contribution in [0.2, 0.25) is 0 Å². The Bertz CT molecular complexity index is 729. The molecule has 0 aromatic heterocycles. The van der Waals surface area contributed by atoms with Gasteiger partial charge in [-0.2, -0.15) is 0 Å². The van der Waals surface area contributed by atoms with E-state index in [9.17, 15) is 9.59 Å². The number of benzene rings is 2. The normalized spacial score (nSPS) is 10.2. The predicted octanol–water partition coefficient (Wildman–Crippen LogP) is 2.78. The maximum Gasteiger partial charge on any atom is 0.262 e. The lowest BCUT2D eigenvalue weighted by atomic mass is 10.1. The third kappa shape index (κ3) is 6.22. The summed E-state index contributed by atoms with van der Waals surface area (Å²) in [6, 6.07) is 14.3. The number of rotatable bonds is 9. The maximum absolute atomic E-state index is 12.3. The highest BCUT2D eigenvalue weighted by molar-refractivity contribution is 6.04. The number of amides is 2. The average molecular weight is 356 g/mol. The van der Waals surface area contributed by atoms with Crippen molar-refractivity contribution < 1.29 is 19.1 Å². The van der Waals surface area contributed by atoms with E-state index in [2.05, 4.69) is 10.6 Å². The molecule has 6 nitrogen and oxygen atoms in total. The molecule has 2 N–H and O–H groups in total. The molecule has 0 saturated heterocycles. The van der Waals surface area contributed by atoms with Gasteiger partial charge < -0.3 is 20.1 Å². The van der Waals surface area contributed by atoms with Gasteiger partial charge in [0.25, 0.3) is 11.8 Å². The zero-order chi connectivity index (χ0) is 18.8. The minimum absolute atomic E-state index is 0.132. The van der Waals surface area contributed by atoms with E-state index in [0.717, 1.165) is 12.0 Å². The van der Waals surface area contributed by atoms with Crippen molar-refractivity contribution in [2.24, 2.45) is 0 Å². The first kappa shape index (κ1) is 19.5. The van der Waals surface area contributed by atoms with Crippen molar-refractivity contribution >= 4 is 17.5 Å². The molecule has 0 unspecified atom stereocenters. The topological polar surface area (TPSA) is 76.7 Å². The Labute approximate surface area is 153 Å². The minimum atomic E-state index is -0.329. The monoisotopic (exact) mass is 356 g/mol. The third-order valence-corrected chi connectivity index (χ3v) is 3.65. The molecule has 138 valence electrons. The number of methoxy groups -OCH3 is 1. The van der Waals surface area contributed by atoms with Crippen molar-refractivity contribution in [2.45, 2.75) is 13.3 Å². The van der Waals surface area contributed by atoms with Gasteiger partial charge in [-0.1, -0.05) is 29.8 Å². The summed E-state index contributed by atoms with van der Waals surface area (Å²) in [5.74, 6) is 0.0524. The summed E-state index contributed by atoms with van der Waals surface area (Å²) in [5, 5.41) is 5.53. The van der Waals surface area contributed by atoms with E-state index >= 15 is 0 Å². The number of aryl methyl sites for hydroxylation is 1. The van der Waals surface area contributed by atoms with Crippen LogP contribution in [0.25, 0.3) is 0 Å². The fourth-order valence-corrected chi connectivity index (χ4v) is 2.27. The molecule has 0 aliphatic rings. The van der Waals surface area contributed by atoms with Gasteiger partial charge in [-0.05, 0) is 37.6 Å². The number of carbonyl (C=O) groups excluding carboxylic acids is 2. The smallest absolute Gasteiger partial charge is 0.262 e. The largest absolute Gasteiger partial charge is 0.484 e. The molecule has 2 rings (SSSR count). The van der Waals surface area contributed by atoms with E-state index in [1.54, 1.807) is 31.4 Å². The lowest BCUT2D eigenvalue weighted by Crippen LogP contribution is -2.27. The Hall–Kier alpha value is -2.86. The molecule has 0 fully saturated rings. The van der Waals surface area contributed by atoms with Crippen LogP contribution >= 0.6 is 0 Å². The van der Waals surface area contributed by atoms with Crippen molar-refractivity contribution in [3.8, 4) is 5.75 Å². The van der Waals surface area contributed by atoms with E-state index in [-0.39, 0.29) is 18.4 Å². The minimum Gasteiger partial charge on any atom is -0.484 e. The SMILES string of the molecule is COCCCNC(=O)c1ccccc1NC(=O)COc1ccc(C)cc1. The predicted molar refractivity (Wildman–Crippen MR) is 101 cm³/mol. The fraction of sp³-hybridized carbons (Fsp3) is 0.300. The first-order chi connectivity index (χ1) is 12.6. The van der Waals surface area contributed by atoms with E-state index in [0.29, 0.717) is 30.2 Å². The molecule has 0 radical (unpaired) electrons. The highest BCUT2D eigenvalue weighted by Gasteiger charge is 2.13. The first-order valence-electron chi connectivity index (χ1n) is 8.45. The van der Waals surface area contributed by atoms with E-state index in [1.807, 2.05) is 31.2 Å². The Morgan fingerprint density at radius 2 is 1.77 bits per heavy atom. The van der Waals surface area contributed by atoms with Crippen molar-refractivity contribution in [3.05, 3.63) is 59.7 Å². The molecule has 0 aliphatic carbocycles. The number of para-hydroxylation sites is 1. The molecule has 2 aromatic carbocycles. The van der Waals surface area contributed by atoms with Gasteiger partial charge in [-0.15, -0.1) is 0 Å². The summed E-state index contributed by atoms with van der Waals surface area (Å²) in [7, 11) is 1.62. The molecular formula is C20H24N2O4. The molecule has 0 atom stereocenters. The van der Waals surface area contributed by atoms with Crippen molar-refractivity contribution in [1.29, 1.82) is 0 Å². The molecule has 0 spiro atoms. The summed E-state index contributed by atoms with van der Waals surface area (Å²) in [4.78, 5) is 24.4. The second-order valence-electron chi connectivity index (χ2n) is 5.80. The average Bonchev–Trinajstić information content (AvgIpc) is 2.65. The van der Waals surface area contributed by atoms with Crippen LogP contribution in [0.15, 0.2) is 48.5 Å². The quantitative estimate of drug-likeness (QED) is 0.678. The number of ether oxygens (including phenoxy) is 2. The number of anilines is 1. The molecule has 6 heteroatoms. The van der Waals surface area contributed by atoms with Gasteiger partial charge in [-0.3, -0.25) is 9.59 Å². The lowest BCUT2D eigenvalue weighted by Gasteiger charge is -2.12. The summed E-state index contributed by atoms with van der Waals surface area (Å²) in [5.41, 5.74) is 1.98. The Balaban J connectivity index is 1.90. The molecule has 0 saturated carbocycles. The standard InChI is InChI=1S/C20H24N2O4/c1-15-8-10-16(11-9-15)26-14-19(23)22-18-7-4-3-6-17(18)20(24)21-12-5-13-25-2/h3-4,6-11H,5,12-14H2,1-2H3,(H,21,24)(H,22,23). The summed E-state index contributed by atoms with van der Waals surface area (Å²) < 4.78 is 10.4. The second kappa shape index (κ2) is 10.2. The lowest BCUT2D eigenvalue weighted by molar-refractivity contribution is -0.118. The number of hydrogen-bond donors (Lipinski definition) is 2. The molecule has 0 aliphatic heterocycles. The molecule has 0 heterocycles. The summed E-state index contributed by atoms with van der Waals surface area (Å²) in [6.45, 7) is 2.93. The van der Waals surface area contributed by atoms with Gasteiger partial charge in [0.1, 0.15) is 5.75 Å². The summed E-state index contributed by atoms with van der Waals surface area (Å²) in [6.07, 6.45) is 0.723. The van der Waals surface area contributed by atoms with Gasteiger partial charge in [0.2, 0.25) is 0 Å². The molecule has 26 heavy (non-hydrogen) atoms. The van der Waals surface area contributed by atoms with Crippen molar-refractivity contribution in [3.63, 3.8) is 0 Å². The highest BCUT2D eigenvalue weighted by atomic mass is 16.5. The molecular weight excluding hydrogens is 332 g/mol. The zero-order valence-corrected chi connectivity index (χ0v) is 15.1. The van der Waals surface area contributed by atoms with Crippen LogP contribution in [0.1, 0.15) is 22.3 Å². The third-order valence-electron chi connectivity index (χ3n) is 3.65. The maximum atomic E-state index is 12.3. The van der Waals surface area contributed by atoms with Crippen LogP contribution in [0.3, 0.4) is 0 Å². The van der Waals surface area contributed by atoms with Crippen LogP contribution in [0.5, 0.6) is 5.75 Å². The molecule has 0 bridgehead atoms. The van der Waals surface area contributed by atoms with Crippen molar-refractivity contribution in [1.82, 2.24) is 5.32 Å². The van der Waals surface area contributed by atoms with Gasteiger partial charge >= 0.3 is 0 Å². The van der Waals surface area contributed by atoms with Crippen LogP contribution in [-0.2, 0) is 9.53 Å². The molecule has 2 aromatic rings. The van der Waals surface area contributed by atoms with Crippen LogP contribution < -0.4 is 15.4 Å². The van der Waals surface area contributed by atoms with E-state index < -0.39 is 0 Å². The summed E-state index contributed by atoms with van der Waals surface area (Å²) >= 11 is 0. The Kier molecular flexibility index (Phi) is 7.64. The first-order valence-corrected chi connectivity index (χ1v) is 8.45. The van der Waals surface area contributed by atoms with Gasteiger partial charge in [-0.25, -0.2) is 0 Å². The van der Waals surface area contributed by atoms with Gasteiger partial charge in [0, 0.05) is 20.3 Å². The van der Waals surface area contributed by atoms with Crippen LogP contribution in [0.4, 0.5) is 5.69 Å². The number of nitrogens with one attached hydrogen (secondary N) is 2.